The zero-order chi connectivity index (χ0) is 45.0. The highest BCUT2D eigenvalue weighted by atomic mass is 35.5. The Hall–Kier alpha value is -6.20. The zero-order valence-corrected chi connectivity index (χ0v) is 36.5. The molecule has 4 aromatic rings. The number of carbonyl (C=O) groups excluding carboxylic acids is 5. The molecule has 3 aromatic carbocycles. The second kappa shape index (κ2) is 18.4. The second-order valence-electron chi connectivity index (χ2n) is 16.1. The molecular formula is C44H49ClN6O10S. The molecule has 1 saturated heterocycles. The third-order valence-electron chi connectivity index (χ3n) is 10.5. The van der Waals surface area contributed by atoms with Crippen LogP contribution < -0.4 is 24.8 Å². The van der Waals surface area contributed by atoms with Crippen molar-refractivity contribution in [1.29, 1.82) is 0 Å². The number of hydrogen-bond acceptors (Lipinski definition) is 11. The van der Waals surface area contributed by atoms with E-state index in [1.54, 1.807) is 51.1 Å². The van der Waals surface area contributed by atoms with Gasteiger partial charge in [0.1, 0.15) is 46.7 Å². The molecule has 0 bridgehead atoms. The number of benzene rings is 3. The highest BCUT2D eigenvalue weighted by molar-refractivity contribution is 7.90. The number of carbonyl (C=O) groups is 5. The van der Waals surface area contributed by atoms with Gasteiger partial charge in [0.05, 0.1) is 29.8 Å². The first-order valence-corrected chi connectivity index (χ1v) is 21.8. The zero-order valence-electron chi connectivity index (χ0n) is 34.9. The molecule has 6 rings (SSSR count). The van der Waals surface area contributed by atoms with E-state index in [1.165, 1.54) is 54.3 Å². The Morgan fingerprint density at radius 2 is 1.71 bits per heavy atom. The number of likely N-dealkylation sites (N-methyl/N-ethyl adjacent to an activating group) is 1. The van der Waals surface area contributed by atoms with Crippen LogP contribution in [-0.4, -0.2) is 115 Å². The number of nitrogens with one attached hydrogen (secondary N) is 3. The lowest BCUT2D eigenvalue weighted by molar-refractivity contribution is -0.142. The number of alkyl halides is 1. The fraction of sp³-hybridized carbons (Fsp3) is 0.364. The van der Waals surface area contributed by atoms with Gasteiger partial charge >= 0.3 is 6.09 Å². The van der Waals surface area contributed by atoms with Gasteiger partial charge < -0.3 is 34.6 Å². The molecule has 2 fully saturated rings. The minimum absolute atomic E-state index is 0.0296. The third kappa shape index (κ3) is 10.3. The highest BCUT2D eigenvalue weighted by Gasteiger charge is 2.61. The second-order valence-corrected chi connectivity index (χ2v) is 18.0. The quantitative estimate of drug-likeness (QED) is 0.113. The van der Waals surface area contributed by atoms with Crippen LogP contribution in [0.4, 0.5) is 4.79 Å². The molecule has 5 amide bonds. The molecule has 5 atom stereocenters. The standard InChI is InChI=1S/C44H49ClN6O10S/c1-7-28-23-44(28,41(55)49-62(57,58)31-16-12-9-13-17-31)48-39(53)36-21-30(25-51(36)40(54)35(26-50(5)38(52)24-45)47-42(56)61-43(2,3)4)60-37-22-33(27-14-10-8-11-15-27)46-34-20-29(59-6)18-19-32(34)37/h7-20,22,28,30,35-36H,1,21,23-26H2,2-6H3,(H,47,56)(H,48,53)(H,49,55). The molecule has 1 aromatic heterocycles. The van der Waals surface area contributed by atoms with Gasteiger partial charge in [-0.2, -0.15) is 0 Å². The maximum atomic E-state index is 14.8. The summed E-state index contributed by atoms with van der Waals surface area (Å²) in [6, 6.07) is 21.0. The van der Waals surface area contributed by atoms with Crippen molar-refractivity contribution in [2.75, 3.05) is 33.1 Å². The van der Waals surface area contributed by atoms with Gasteiger partial charge in [0.15, 0.2) is 0 Å². The first kappa shape index (κ1) is 45.3. The van der Waals surface area contributed by atoms with E-state index in [9.17, 15) is 32.4 Å². The number of pyridine rings is 1. The van der Waals surface area contributed by atoms with Gasteiger partial charge in [0, 0.05) is 49.0 Å². The summed E-state index contributed by atoms with van der Waals surface area (Å²) >= 11 is 5.83. The van der Waals surface area contributed by atoms with Crippen LogP contribution >= 0.6 is 11.6 Å². The van der Waals surface area contributed by atoms with Crippen LogP contribution in [0.15, 0.2) is 102 Å². The van der Waals surface area contributed by atoms with Crippen molar-refractivity contribution in [2.24, 2.45) is 5.92 Å². The van der Waals surface area contributed by atoms with Gasteiger partial charge in [-0.25, -0.2) is 22.9 Å². The molecule has 2 heterocycles. The van der Waals surface area contributed by atoms with Crippen molar-refractivity contribution in [3.05, 3.63) is 97.6 Å². The van der Waals surface area contributed by atoms with E-state index in [2.05, 4.69) is 21.9 Å². The highest BCUT2D eigenvalue weighted by Crippen LogP contribution is 2.45. The molecular weight excluding hydrogens is 840 g/mol. The first-order valence-electron chi connectivity index (χ1n) is 19.8. The van der Waals surface area contributed by atoms with E-state index < -0.39 is 80.9 Å². The van der Waals surface area contributed by atoms with Crippen LogP contribution in [0.3, 0.4) is 0 Å². The first-order chi connectivity index (χ1) is 29.4. The molecule has 3 N–H and O–H groups in total. The van der Waals surface area contributed by atoms with Crippen molar-refractivity contribution in [3.63, 3.8) is 0 Å². The Kier molecular flexibility index (Phi) is 13.5. The number of likely N-dealkylation sites (tertiary alicyclic amines) is 1. The number of fused-ring (bicyclic) bond motifs is 1. The summed E-state index contributed by atoms with van der Waals surface area (Å²) in [6.07, 6.45) is -0.441. The third-order valence-corrected chi connectivity index (χ3v) is 12.1. The molecule has 328 valence electrons. The van der Waals surface area contributed by atoms with E-state index in [4.69, 9.17) is 30.8 Å². The number of aromatic nitrogens is 1. The van der Waals surface area contributed by atoms with Gasteiger partial charge in [0.25, 0.3) is 15.9 Å². The Morgan fingerprint density at radius 1 is 1.03 bits per heavy atom. The van der Waals surface area contributed by atoms with E-state index in [0.717, 1.165) is 5.56 Å². The summed E-state index contributed by atoms with van der Waals surface area (Å²) in [5, 5.41) is 5.92. The van der Waals surface area contributed by atoms with Crippen molar-refractivity contribution < 1.29 is 46.6 Å². The molecule has 16 nitrogen and oxygen atoms in total. The largest absolute Gasteiger partial charge is 0.497 e. The van der Waals surface area contributed by atoms with Crippen molar-refractivity contribution in [3.8, 4) is 22.8 Å². The van der Waals surface area contributed by atoms with Crippen molar-refractivity contribution >= 4 is 62.2 Å². The van der Waals surface area contributed by atoms with Crippen LogP contribution in [0.2, 0.25) is 0 Å². The Labute approximate surface area is 365 Å². The summed E-state index contributed by atoms with van der Waals surface area (Å²) in [5.74, 6) is -3.19. The molecule has 2 aliphatic rings. The average molecular weight is 889 g/mol. The number of hydrogen-bond donors (Lipinski definition) is 3. The Morgan fingerprint density at radius 3 is 2.32 bits per heavy atom. The predicted molar refractivity (Wildman–Crippen MR) is 231 cm³/mol. The number of amides is 5. The summed E-state index contributed by atoms with van der Waals surface area (Å²) in [7, 11) is -1.39. The van der Waals surface area contributed by atoms with Crippen LogP contribution in [0.1, 0.15) is 33.6 Å². The molecule has 62 heavy (non-hydrogen) atoms. The molecule has 0 radical (unpaired) electrons. The van der Waals surface area contributed by atoms with Crippen LogP contribution in [-0.2, 0) is 33.9 Å². The van der Waals surface area contributed by atoms with Gasteiger partial charge in [-0.3, -0.25) is 19.2 Å². The number of methoxy groups -OCH3 is 1. The fourth-order valence-electron chi connectivity index (χ4n) is 7.23. The summed E-state index contributed by atoms with van der Waals surface area (Å²) in [4.78, 5) is 76.1. The summed E-state index contributed by atoms with van der Waals surface area (Å²) in [5.41, 5.74) is -0.737. The molecule has 18 heteroatoms. The van der Waals surface area contributed by atoms with E-state index in [0.29, 0.717) is 28.1 Å². The van der Waals surface area contributed by atoms with Crippen LogP contribution in [0.25, 0.3) is 22.2 Å². The number of rotatable bonds is 15. The molecule has 0 spiro atoms. The maximum Gasteiger partial charge on any atom is 0.408 e. The minimum Gasteiger partial charge on any atom is -0.497 e. The molecule has 1 saturated carbocycles. The maximum absolute atomic E-state index is 14.8. The number of sulfonamides is 1. The smallest absolute Gasteiger partial charge is 0.408 e. The summed E-state index contributed by atoms with van der Waals surface area (Å²) < 4.78 is 46.1. The van der Waals surface area contributed by atoms with Crippen molar-refractivity contribution in [1.82, 2.24) is 30.1 Å². The molecule has 1 aliphatic heterocycles. The summed E-state index contributed by atoms with van der Waals surface area (Å²) in [6.45, 7) is 8.17. The normalized spacial score (nSPS) is 20.0. The minimum atomic E-state index is -4.34. The van der Waals surface area contributed by atoms with Gasteiger partial charge in [-0.05, 0) is 51.5 Å². The molecule has 1 aliphatic carbocycles. The lowest BCUT2D eigenvalue weighted by atomic mass is 10.1. The Bertz CT molecular complexity index is 2470. The topological polar surface area (TPSA) is 203 Å². The fourth-order valence-corrected chi connectivity index (χ4v) is 8.50. The van der Waals surface area contributed by atoms with Gasteiger partial charge in [0.2, 0.25) is 17.7 Å². The SMILES string of the molecule is C=CC1CC1(NC(=O)C1CC(Oc2cc(-c3ccccc3)nc3cc(OC)ccc23)CN1C(=O)C(CN(C)C(=O)CCl)NC(=O)OC(C)(C)C)C(=O)NS(=O)(=O)c1ccccc1. The van der Waals surface area contributed by atoms with Crippen LogP contribution in [0.5, 0.6) is 11.5 Å². The molecule has 5 unspecified atom stereocenters. The van der Waals surface area contributed by atoms with Crippen molar-refractivity contribution in [2.45, 2.75) is 67.8 Å². The number of ether oxygens (including phenoxy) is 3. The monoisotopic (exact) mass is 888 g/mol. The lowest BCUT2D eigenvalue weighted by Gasteiger charge is -2.32. The van der Waals surface area contributed by atoms with Gasteiger partial charge in [-0.1, -0.05) is 54.6 Å². The van der Waals surface area contributed by atoms with E-state index >= 15 is 0 Å². The van der Waals surface area contributed by atoms with E-state index in [1.807, 2.05) is 30.3 Å². The van der Waals surface area contributed by atoms with Crippen LogP contribution in [0, 0.1) is 5.92 Å². The average Bonchev–Trinajstić information content (AvgIpc) is 3.81. The number of halogens is 1. The Balaban J connectivity index is 1.36. The number of alkyl carbamates (subject to hydrolysis) is 1. The lowest BCUT2D eigenvalue weighted by Crippen LogP contribution is -2.59. The van der Waals surface area contributed by atoms with E-state index in [-0.39, 0.29) is 30.8 Å². The predicted octanol–water partition coefficient (Wildman–Crippen LogP) is 4.42. The number of nitrogens with zero attached hydrogens (tertiary/aromatic N) is 3. The van der Waals surface area contributed by atoms with Gasteiger partial charge in [-0.15, -0.1) is 18.2 Å².